The molecule has 88 valence electrons. The molecule has 0 fully saturated rings. The van der Waals surface area contributed by atoms with Crippen LogP contribution in [0.3, 0.4) is 0 Å². The molecule has 0 spiro atoms. The van der Waals surface area contributed by atoms with Gasteiger partial charge >= 0.3 is 0 Å². The molecule has 1 aromatic carbocycles. The number of benzene rings is 1. The maximum Gasteiger partial charge on any atom is 0.210 e. The normalized spacial score (nSPS) is 19.8. The SMILES string of the molecule is CC1=CC(C)C(c2cccc([Si]Cl)c2C)=C1C. The highest BCUT2D eigenvalue weighted by atomic mass is 35.6. The van der Waals surface area contributed by atoms with E-state index in [2.05, 4.69) is 52.0 Å². The fraction of sp³-hybridized carbons (Fsp3) is 0.333. The van der Waals surface area contributed by atoms with Gasteiger partial charge in [-0.25, -0.2) is 0 Å². The topological polar surface area (TPSA) is 0 Å². The van der Waals surface area contributed by atoms with Crippen LogP contribution < -0.4 is 5.19 Å². The van der Waals surface area contributed by atoms with Crippen molar-refractivity contribution in [1.29, 1.82) is 0 Å². The van der Waals surface area contributed by atoms with Crippen LogP contribution in [0.2, 0.25) is 0 Å². The Bertz CT molecular complexity index is 512. The zero-order valence-electron chi connectivity index (χ0n) is 10.8. The van der Waals surface area contributed by atoms with Crippen LogP contribution in [-0.4, -0.2) is 8.83 Å². The lowest BCUT2D eigenvalue weighted by molar-refractivity contribution is 0.973. The van der Waals surface area contributed by atoms with Crippen LogP contribution in [0.25, 0.3) is 5.57 Å². The first-order chi connectivity index (χ1) is 8.06. The smallest absolute Gasteiger partial charge is 0.165 e. The molecule has 1 aromatic rings. The quantitative estimate of drug-likeness (QED) is 0.560. The summed E-state index contributed by atoms with van der Waals surface area (Å²) >= 11 is 6.01. The lowest BCUT2D eigenvalue weighted by Crippen LogP contribution is -2.15. The molecule has 0 saturated heterocycles. The first kappa shape index (κ1) is 12.7. The number of hydrogen-bond donors (Lipinski definition) is 0. The van der Waals surface area contributed by atoms with E-state index in [0.29, 0.717) is 14.7 Å². The van der Waals surface area contributed by atoms with Crippen molar-refractivity contribution in [2.24, 2.45) is 5.92 Å². The van der Waals surface area contributed by atoms with E-state index < -0.39 is 0 Å². The van der Waals surface area contributed by atoms with Gasteiger partial charge in [0.25, 0.3) is 0 Å². The molecular formula is C15H17ClSi. The predicted octanol–water partition coefficient (Wildman–Crippen LogP) is 3.85. The summed E-state index contributed by atoms with van der Waals surface area (Å²) in [5, 5.41) is 1.27. The molecule has 0 aliphatic heterocycles. The van der Waals surface area contributed by atoms with Gasteiger partial charge in [0.1, 0.15) is 0 Å². The molecule has 2 heteroatoms. The highest BCUT2D eigenvalue weighted by Gasteiger charge is 2.21. The van der Waals surface area contributed by atoms with Crippen LogP contribution in [0.15, 0.2) is 35.4 Å². The predicted molar refractivity (Wildman–Crippen MR) is 77.9 cm³/mol. The number of hydrogen-bond acceptors (Lipinski definition) is 0. The van der Waals surface area contributed by atoms with Gasteiger partial charge in [0, 0.05) is 5.92 Å². The van der Waals surface area contributed by atoms with E-state index in [1.165, 1.54) is 33.0 Å². The van der Waals surface area contributed by atoms with E-state index in [-0.39, 0.29) is 0 Å². The van der Waals surface area contributed by atoms with Crippen molar-refractivity contribution in [1.82, 2.24) is 0 Å². The molecule has 0 saturated carbocycles. The fourth-order valence-electron chi connectivity index (χ4n) is 2.61. The zero-order chi connectivity index (χ0) is 12.6. The van der Waals surface area contributed by atoms with Crippen LogP contribution in [-0.2, 0) is 0 Å². The van der Waals surface area contributed by atoms with Crippen molar-refractivity contribution in [3.8, 4) is 0 Å². The van der Waals surface area contributed by atoms with Crippen LogP contribution >= 0.6 is 11.1 Å². The average molecular weight is 261 g/mol. The van der Waals surface area contributed by atoms with Gasteiger partial charge in [0.2, 0.25) is 8.83 Å². The Morgan fingerprint density at radius 1 is 1.18 bits per heavy atom. The second-order valence-electron chi connectivity index (χ2n) is 4.75. The van der Waals surface area contributed by atoms with Crippen LogP contribution in [0.4, 0.5) is 0 Å². The molecule has 1 atom stereocenters. The third-order valence-electron chi connectivity index (χ3n) is 3.68. The van der Waals surface area contributed by atoms with Crippen molar-refractivity contribution in [2.75, 3.05) is 0 Å². The van der Waals surface area contributed by atoms with Crippen molar-refractivity contribution in [2.45, 2.75) is 27.7 Å². The van der Waals surface area contributed by atoms with Crippen molar-refractivity contribution in [3.05, 3.63) is 46.5 Å². The van der Waals surface area contributed by atoms with Crippen molar-refractivity contribution < 1.29 is 0 Å². The molecule has 0 N–H and O–H groups in total. The Balaban J connectivity index is 2.57. The Kier molecular flexibility index (Phi) is 3.60. The standard InChI is InChI=1S/C15H17ClSi/c1-9-8-10(2)15(11(9)3)13-6-5-7-14(17-16)12(13)4/h5-8,10H,1-4H3. The van der Waals surface area contributed by atoms with E-state index >= 15 is 0 Å². The number of rotatable bonds is 2. The summed E-state index contributed by atoms with van der Waals surface area (Å²) in [7, 11) is 0.352. The summed E-state index contributed by atoms with van der Waals surface area (Å²) in [5.74, 6) is 0.516. The summed E-state index contributed by atoms with van der Waals surface area (Å²) < 4.78 is 0. The summed E-state index contributed by atoms with van der Waals surface area (Å²) in [6.07, 6.45) is 2.35. The van der Waals surface area contributed by atoms with Crippen LogP contribution in [0, 0.1) is 12.8 Å². The summed E-state index contributed by atoms with van der Waals surface area (Å²) in [6.45, 7) is 8.87. The Hall–Kier alpha value is -0.793. The average Bonchev–Trinajstić information content (AvgIpc) is 2.54. The molecule has 1 unspecified atom stereocenters. The van der Waals surface area contributed by atoms with Crippen LogP contribution in [0.5, 0.6) is 0 Å². The molecule has 0 amide bonds. The second-order valence-corrected chi connectivity index (χ2v) is 6.04. The summed E-state index contributed by atoms with van der Waals surface area (Å²) in [5.41, 5.74) is 7.01. The molecule has 0 aromatic heterocycles. The van der Waals surface area contributed by atoms with Gasteiger partial charge in [-0.3, -0.25) is 0 Å². The minimum absolute atomic E-state index is 0.352. The molecule has 2 radical (unpaired) electrons. The van der Waals surface area contributed by atoms with E-state index in [1.54, 1.807) is 0 Å². The monoisotopic (exact) mass is 260 g/mol. The van der Waals surface area contributed by atoms with Gasteiger partial charge in [-0.2, -0.15) is 11.1 Å². The third kappa shape index (κ3) is 2.14. The highest BCUT2D eigenvalue weighted by molar-refractivity contribution is 7.01. The van der Waals surface area contributed by atoms with E-state index in [9.17, 15) is 0 Å². The molecule has 0 heterocycles. The highest BCUT2D eigenvalue weighted by Crippen LogP contribution is 2.38. The molecule has 17 heavy (non-hydrogen) atoms. The van der Waals surface area contributed by atoms with Gasteiger partial charge < -0.3 is 0 Å². The lowest BCUT2D eigenvalue weighted by atomic mass is 9.91. The molecule has 0 nitrogen and oxygen atoms in total. The second kappa shape index (κ2) is 4.83. The van der Waals surface area contributed by atoms with Gasteiger partial charge in [0.15, 0.2) is 0 Å². The molecule has 1 aliphatic rings. The molecule has 1 aliphatic carbocycles. The minimum atomic E-state index is 0.352. The largest absolute Gasteiger partial charge is 0.210 e. The first-order valence-corrected chi connectivity index (χ1v) is 7.93. The van der Waals surface area contributed by atoms with Gasteiger partial charge in [0.05, 0.1) is 0 Å². The minimum Gasteiger partial charge on any atom is -0.165 e. The fourth-order valence-corrected chi connectivity index (χ4v) is 3.66. The zero-order valence-corrected chi connectivity index (χ0v) is 12.5. The van der Waals surface area contributed by atoms with Crippen molar-refractivity contribution >= 4 is 30.7 Å². The van der Waals surface area contributed by atoms with Gasteiger partial charge in [-0.05, 0) is 48.2 Å². The van der Waals surface area contributed by atoms with Gasteiger partial charge in [-0.1, -0.05) is 36.8 Å². The Morgan fingerprint density at radius 2 is 1.88 bits per heavy atom. The number of halogens is 1. The Labute approximate surface area is 111 Å². The summed E-state index contributed by atoms with van der Waals surface area (Å²) in [4.78, 5) is 0. The summed E-state index contributed by atoms with van der Waals surface area (Å²) in [6, 6.07) is 6.46. The maximum absolute atomic E-state index is 6.01. The third-order valence-corrected chi connectivity index (χ3v) is 5.03. The van der Waals surface area contributed by atoms with E-state index in [1.807, 2.05) is 0 Å². The molecule has 2 rings (SSSR count). The van der Waals surface area contributed by atoms with Crippen molar-refractivity contribution in [3.63, 3.8) is 0 Å². The van der Waals surface area contributed by atoms with Crippen LogP contribution in [0.1, 0.15) is 31.9 Å². The Morgan fingerprint density at radius 3 is 2.41 bits per heavy atom. The lowest BCUT2D eigenvalue weighted by Gasteiger charge is -2.15. The van der Waals surface area contributed by atoms with E-state index in [0.717, 1.165) is 0 Å². The molecule has 0 bridgehead atoms. The first-order valence-electron chi connectivity index (χ1n) is 5.92. The van der Waals surface area contributed by atoms with Gasteiger partial charge in [-0.15, -0.1) is 0 Å². The van der Waals surface area contributed by atoms with E-state index in [4.69, 9.17) is 11.1 Å². The molecular weight excluding hydrogens is 244 g/mol. The maximum atomic E-state index is 6.01. The number of allylic oxidation sites excluding steroid dienone is 4.